The second-order valence-electron chi connectivity index (χ2n) is 4.12. The molecule has 0 amide bonds. The number of ether oxygens (including phenoxy) is 2. The summed E-state index contributed by atoms with van der Waals surface area (Å²) in [5.41, 5.74) is 7.58. The summed E-state index contributed by atoms with van der Waals surface area (Å²) in [7, 11) is 1.61. The molecule has 0 spiro atoms. The van der Waals surface area contributed by atoms with Crippen molar-refractivity contribution in [3.05, 3.63) is 47.0 Å². The Bertz CT molecular complexity index is 584. The van der Waals surface area contributed by atoms with Crippen molar-refractivity contribution in [2.45, 2.75) is 13.3 Å². The number of aryl methyl sites for hydroxylation is 1. The Balaban J connectivity index is 2.35. The summed E-state index contributed by atoms with van der Waals surface area (Å²) in [6, 6.07) is 10.9. The van der Waals surface area contributed by atoms with E-state index in [4.69, 9.17) is 26.8 Å². The Labute approximate surface area is 117 Å². The quantitative estimate of drug-likeness (QED) is 0.848. The van der Waals surface area contributed by atoms with E-state index in [0.29, 0.717) is 28.0 Å². The average Bonchev–Trinajstić information content (AvgIpc) is 2.43. The normalized spacial score (nSPS) is 10.3. The molecular formula is C15H16ClNO2. The van der Waals surface area contributed by atoms with Crippen LogP contribution in [0.3, 0.4) is 0 Å². The summed E-state index contributed by atoms with van der Waals surface area (Å²) in [4.78, 5) is 0. The van der Waals surface area contributed by atoms with Gasteiger partial charge >= 0.3 is 0 Å². The molecule has 0 atom stereocenters. The fraction of sp³-hybridized carbons (Fsp3) is 0.200. The molecule has 0 bridgehead atoms. The van der Waals surface area contributed by atoms with E-state index in [1.807, 2.05) is 18.2 Å². The Morgan fingerprint density at radius 3 is 2.53 bits per heavy atom. The minimum atomic E-state index is 0.523. The summed E-state index contributed by atoms with van der Waals surface area (Å²) in [6.45, 7) is 2.09. The number of anilines is 1. The monoisotopic (exact) mass is 277 g/mol. The van der Waals surface area contributed by atoms with Crippen molar-refractivity contribution in [1.29, 1.82) is 0 Å². The maximum absolute atomic E-state index is 5.94. The van der Waals surface area contributed by atoms with Gasteiger partial charge in [0.15, 0.2) is 17.2 Å². The predicted molar refractivity (Wildman–Crippen MR) is 78.3 cm³/mol. The number of benzene rings is 2. The van der Waals surface area contributed by atoms with Gasteiger partial charge in [-0.25, -0.2) is 0 Å². The van der Waals surface area contributed by atoms with Gasteiger partial charge in [-0.05, 0) is 36.2 Å². The number of hydrogen-bond donors (Lipinski definition) is 1. The molecule has 0 aliphatic rings. The lowest BCUT2D eigenvalue weighted by Gasteiger charge is -2.13. The van der Waals surface area contributed by atoms with Crippen molar-refractivity contribution < 1.29 is 9.47 Å². The van der Waals surface area contributed by atoms with E-state index in [1.165, 1.54) is 5.56 Å². The summed E-state index contributed by atoms with van der Waals surface area (Å²) in [5, 5.41) is 0.577. The summed E-state index contributed by atoms with van der Waals surface area (Å²) in [5.74, 6) is 1.82. The predicted octanol–water partition coefficient (Wildman–Crippen LogP) is 4.29. The molecule has 2 aromatic rings. The number of halogens is 1. The van der Waals surface area contributed by atoms with Crippen molar-refractivity contribution >= 4 is 17.3 Å². The zero-order chi connectivity index (χ0) is 13.8. The van der Waals surface area contributed by atoms with E-state index in [-0.39, 0.29) is 0 Å². The van der Waals surface area contributed by atoms with Crippen LogP contribution >= 0.6 is 11.6 Å². The van der Waals surface area contributed by atoms with E-state index in [0.717, 1.165) is 6.42 Å². The molecule has 2 aromatic carbocycles. The van der Waals surface area contributed by atoms with Crippen LogP contribution in [0.2, 0.25) is 5.02 Å². The fourth-order valence-corrected chi connectivity index (χ4v) is 1.89. The van der Waals surface area contributed by atoms with Crippen molar-refractivity contribution in [2.24, 2.45) is 0 Å². The van der Waals surface area contributed by atoms with Gasteiger partial charge in [0.1, 0.15) is 0 Å². The van der Waals surface area contributed by atoms with Crippen LogP contribution < -0.4 is 15.2 Å². The van der Waals surface area contributed by atoms with Gasteiger partial charge in [-0.1, -0.05) is 24.6 Å². The molecule has 100 valence electrons. The Morgan fingerprint density at radius 1 is 1.05 bits per heavy atom. The van der Waals surface area contributed by atoms with Crippen LogP contribution in [0.15, 0.2) is 36.4 Å². The molecule has 2 rings (SSSR count). The number of rotatable bonds is 4. The molecule has 19 heavy (non-hydrogen) atoms. The number of nitrogen functional groups attached to an aromatic ring is 1. The molecule has 0 radical (unpaired) electrons. The van der Waals surface area contributed by atoms with E-state index in [1.54, 1.807) is 25.3 Å². The Kier molecular flexibility index (Phi) is 4.17. The standard InChI is InChI=1S/C15H16ClNO2/c1-3-10-4-7-13(15(8-10)18-2)19-14-9-11(16)5-6-12(14)17/h4-9H,3,17H2,1-2H3. The SMILES string of the molecule is CCc1ccc(Oc2cc(Cl)ccc2N)c(OC)c1. The first-order chi connectivity index (χ1) is 9.13. The van der Waals surface area contributed by atoms with Crippen LogP contribution in [0.25, 0.3) is 0 Å². The minimum Gasteiger partial charge on any atom is -0.493 e. The third-order valence-electron chi connectivity index (χ3n) is 2.83. The second kappa shape index (κ2) is 5.85. The largest absolute Gasteiger partial charge is 0.493 e. The highest BCUT2D eigenvalue weighted by atomic mass is 35.5. The van der Waals surface area contributed by atoms with Crippen LogP contribution in [-0.2, 0) is 6.42 Å². The van der Waals surface area contributed by atoms with E-state index in [2.05, 4.69) is 6.92 Å². The first-order valence-corrected chi connectivity index (χ1v) is 6.41. The molecule has 0 fully saturated rings. The molecule has 0 aliphatic heterocycles. The van der Waals surface area contributed by atoms with Gasteiger partial charge in [-0.2, -0.15) is 0 Å². The maximum atomic E-state index is 5.94. The third kappa shape index (κ3) is 3.12. The van der Waals surface area contributed by atoms with E-state index in [9.17, 15) is 0 Å². The van der Waals surface area contributed by atoms with Crippen molar-refractivity contribution in [2.75, 3.05) is 12.8 Å². The zero-order valence-electron chi connectivity index (χ0n) is 10.9. The Morgan fingerprint density at radius 2 is 1.84 bits per heavy atom. The lowest BCUT2D eigenvalue weighted by Crippen LogP contribution is -1.95. The topological polar surface area (TPSA) is 44.5 Å². The van der Waals surface area contributed by atoms with Crippen LogP contribution in [0.5, 0.6) is 17.2 Å². The molecular weight excluding hydrogens is 262 g/mol. The molecule has 0 aliphatic carbocycles. The molecule has 0 heterocycles. The van der Waals surface area contributed by atoms with Crippen LogP contribution in [0.1, 0.15) is 12.5 Å². The van der Waals surface area contributed by atoms with Crippen LogP contribution in [-0.4, -0.2) is 7.11 Å². The maximum Gasteiger partial charge on any atom is 0.169 e. The van der Waals surface area contributed by atoms with Gasteiger partial charge in [0.2, 0.25) is 0 Å². The first kappa shape index (κ1) is 13.6. The third-order valence-corrected chi connectivity index (χ3v) is 3.07. The molecule has 2 N–H and O–H groups in total. The first-order valence-electron chi connectivity index (χ1n) is 6.04. The molecule has 0 aromatic heterocycles. The van der Waals surface area contributed by atoms with Crippen LogP contribution in [0.4, 0.5) is 5.69 Å². The van der Waals surface area contributed by atoms with E-state index < -0.39 is 0 Å². The number of methoxy groups -OCH3 is 1. The van der Waals surface area contributed by atoms with E-state index >= 15 is 0 Å². The second-order valence-corrected chi connectivity index (χ2v) is 4.56. The summed E-state index contributed by atoms with van der Waals surface area (Å²) >= 11 is 5.94. The zero-order valence-corrected chi connectivity index (χ0v) is 11.7. The van der Waals surface area contributed by atoms with Gasteiger partial charge < -0.3 is 15.2 Å². The van der Waals surface area contributed by atoms with Gasteiger partial charge in [0.25, 0.3) is 0 Å². The number of nitrogens with two attached hydrogens (primary N) is 1. The smallest absolute Gasteiger partial charge is 0.169 e. The lowest BCUT2D eigenvalue weighted by atomic mass is 10.1. The van der Waals surface area contributed by atoms with Crippen molar-refractivity contribution in [3.8, 4) is 17.2 Å². The van der Waals surface area contributed by atoms with Gasteiger partial charge in [-0.15, -0.1) is 0 Å². The van der Waals surface area contributed by atoms with Gasteiger partial charge in [-0.3, -0.25) is 0 Å². The summed E-state index contributed by atoms with van der Waals surface area (Å²) in [6.07, 6.45) is 0.940. The molecule has 0 saturated heterocycles. The highest BCUT2D eigenvalue weighted by molar-refractivity contribution is 6.30. The highest BCUT2D eigenvalue weighted by Crippen LogP contribution is 2.36. The molecule has 0 saturated carbocycles. The molecule has 0 unspecified atom stereocenters. The number of hydrogen-bond acceptors (Lipinski definition) is 3. The van der Waals surface area contributed by atoms with Crippen molar-refractivity contribution in [1.82, 2.24) is 0 Å². The molecule has 3 nitrogen and oxygen atoms in total. The lowest BCUT2D eigenvalue weighted by molar-refractivity contribution is 0.379. The fourth-order valence-electron chi connectivity index (χ4n) is 1.73. The van der Waals surface area contributed by atoms with Crippen molar-refractivity contribution in [3.63, 3.8) is 0 Å². The Hall–Kier alpha value is -1.87. The molecule has 4 heteroatoms. The average molecular weight is 278 g/mol. The van der Waals surface area contributed by atoms with Gasteiger partial charge in [0, 0.05) is 11.1 Å². The summed E-state index contributed by atoms with van der Waals surface area (Å²) < 4.78 is 11.1. The highest BCUT2D eigenvalue weighted by Gasteiger charge is 2.09. The minimum absolute atomic E-state index is 0.523. The van der Waals surface area contributed by atoms with Gasteiger partial charge in [0.05, 0.1) is 12.8 Å². The van der Waals surface area contributed by atoms with Crippen LogP contribution in [0, 0.1) is 0 Å².